The summed E-state index contributed by atoms with van der Waals surface area (Å²) in [7, 11) is 0. The largest absolute Gasteiger partial charge is 0.247 e. The summed E-state index contributed by atoms with van der Waals surface area (Å²) in [5.74, 6) is -0.0597. The average molecular weight is 131 g/mol. The molecule has 0 aromatic heterocycles. The van der Waals surface area contributed by atoms with Crippen LogP contribution in [0.5, 0.6) is 0 Å². The van der Waals surface area contributed by atoms with Gasteiger partial charge < -0.3 is 0 Å². The summed E-state index contributed by atoms with van der Waals surface area (Å²) in [5, 5.41) is 3.10. The fraction of sp³-hybridized carbons (Fsp3) is 1.00. The van der Waals surface area contributed by atoms with Crippen LogP contribution in [0.25, 0.3) is 10.4 Å². The van der Waals surface area contributed by atoms with Gasteiger partial charge in [0.1, 0.15) is 6.17 Å². The van der Waals surface area contributed by atoms with Gasteiger partial charge in [0.2, 0.25) is 0 Å². The van der Waals surface area contributed by atoms with Gasteiger partial charge in [-0.05, 0) is 11.4 Å². The van der Waals surface area contributed by atoms with Gasteiger partial charge in [0, 0.05) is 4.91 Å². The van der Waals surface area contributed by atoms with Gasteiger partial charge in [-0.2, -0.15) is 0 Å². The van der Waals surface area contributed by atoms with Crippen LogP contribution < -0.4 is 0 Å². The van der Waals surface area contributed by atoms with E-state index in [1.807, 2.05) is 0 Å². The van der Waals surface area contributed by atoms with Gasteiger partial charge in [-0.25, -0.2) is 4.39 Å². The predicted molar refractivity (Wildman–Crippen MR) is 33.7 cm³/mol. The van der Waals surface area contributed by atoms with Crippen molar-refractivity contribution in [2.45, 2.75) is 20.0 Å². The molecule has 0 aliphatic rings. The molecule has 0 amide bonds. The monoisotopic (exact) mass is 131 g/mol. The molecule has 0 aliphatic heterocycles. The summed E-state index contributed by atoms with van der Waals surface area (Å²) < 4.78 is 12.4. The Bertz CT molecular complexity index is 117. The highest BCUT2D eigenvalue weighted by molar-refractivity contribution is 4.63. The molecule has 4 heteroatoms. The minimum atomic E-state index is -0.999. The van der Waals surface area contributed by atoms with Gasteiger partial charge in [-0.15, -0.1) is 0 Å². The lowest BCUT2D eigenvalue weighted by Gasteiger charge is -2.06. The number of nitrogens with zero attached hydrogens (tertiary/aromatic N) is 3. The molecule has 52 valence electrons. The van der Waals surface area contributed by atoms with Crippen molar-refractivity contribution in [2.24, 2.45) is 11.0 Å². The van der Waals surface area contributed by atoms with Crippen molar-refractivity contribution in [3.8, 4) is 0 Å². The Hall–Kier alpha value is -0.760. The van der Waals surface area contributed by atoms with Crippen molar-refractivity contribution in [3.05, 3.63) is 10.4 Å². The number of halogens is 1. The van der Waals surface area contributed by atoms with E-state index in [1.54, 1.807) is 13.8 Å². The Kier molecular flexibility index (Phi) is 3.80. The number of hydrogen-bond donors (Lipinski definition) is 0. The number of alkyl halides is 1. The smallest absolute Gasteiger partial charge is 0.108 e. The molecule has 0 aliphatic carbocycles. The zero-order chi connectivity index (χ0) is 7.28. The van der Waals surface area contributed by atoms with Crippen molar-refractivity contribution in [1.29, 1.82) is 0 Å². The van der Waals surface area contributed by atoms with E-state index in [1.165, 1.54) is 0 Å². The van der Waals surface area contributed by atoms with Crippen molar-refractivity contribution >= 4 is 0 Å². The highest BCUT2D eigenvalue weighted by atomic mass is 19.1. The Labute approximate surface area is 53.5 Å². The summed E-state index contributed by atoms with van der Waals surface area (Å²) >= 11 is 0. The Morgan fingerprint density at radius 2 is 2.22 bits per heavy atom. The minimum absolute atomic E-state index is 0.0475. The molecule has 0 N–H and O–H groups in total. The molecule has 0 unspecified atom stereocenters. The van der Waals surface area contributed by atoms with Crippen molar-refractivity contribution in [1.82, 2.24) is 0 Å². The van der Waals surface area contributed by atoms with Crippen LogP contribution in [0.2, 0.25) is 0 Å². The fourth-order valence-electron chi connectivity index (χ4n) is 0.325. The number of azide groups is 1. The van der Waals surface area contributed by atoms with E-state index in [2.05, 4.69) is 10.0 Å². The third kappa shape index (κ3) is 3.79. The molecule has 1 atom stereocenters. The van der Waals surface area contributed by atoms with E-state index < -0.39 is 6.17 Å². The zero-order valence-electron chi connectivity index (χ0n) is 5.58. The topological polar surface area (TPSA) is 48.8 Å². The molecule has 3 nitrogen and oxygen atoms in total. The van der Waals surface area contributed by atoms with E-state index in [9.17, 15) is 4.39 Å². The average Bonchev–Trinajstić information content (AvgIpc) is 1.82. The van der Waals surface area contributed by atoms with Crippen LogP contribution in [0.1, 0.15) is 13.8 Å². The summed E-state index contributed by atoms with van der Waals surface area (Å²) in [6, 6.07) is 0. The number of rotatable bonds is 3. The highest BCUT2D eigenvalue weighted by Gasteiger charge is 2.08. The molecular weight excluding hydrogens is 121 g/mol. The molecule has 0 heterocycles. The first-order valence-corrected chi connectivity index (χ1v) is 2.83. The zero-order valence-corrected chi connectivity index (χ0v) is 5.58. The summed E-state index contributed by atoms with van der Waals surface area (Å²) in [6.07, 6.45) is -0.999. The van der Waals surface area contributed by atoms with Crippen LogP contribution in [0.15, 0.2) is 5.11 Å². The van der Waals surface area contributed by atoms with Crippen LogP contribution in [0.3, 0.4) is 0 Å². The maximum absolute atomic E-state index is 12.4. The van der Waals surface area contributed by atoms with Crippen LogP contribution in [0, 0.1) is 5.92 Å². The van der Waals surface area contributed by atoms with Crippen LogP contribution in [-0.4, -0.2) is 12.7 Å². The van der Waals surface area contributed by atoms with Crippen molar-refractivity contribution in [2.75, 3.05) is 6.54 Å². The molecule has 0 radical (unpaired) electrons. The summed E-state index contributed by atoms with van der Waals surface area (Å²) in [4.78, 5) is 2.44. The molecule has 0 spiro atoms. The maximum atomic E-state index is 12.4. The Morgan fingerprint density at radius 1 is 1.67 bits per heavy atom. The Balaban J connectivity index is 3.49. The first kappa shape index (κ1) is 8.24. The van der Waals surface area contributed by atoms with Crippen LogP contribution in [-0.2, 0) is 0 Å². The normalized spacial score (nSPS) is 12.9. The van der Waals surface area contributed by atoms with Crippen molar-refractivity contribution < 1.29 is 4.39 Å². The summed E-state index contributed by atoms with van der Waals surface area (Å²) in [5.41, 5.74) is 7.79. The fourth-order valence-corrected chi connectivity index (χ4v) is 0.325. The summed E-state index contributed by atoms with van der Waals surface area (Å²) in [6.45, 7) is 3.45. The second kappa shape index (κ2) is 4.15. The van der Waals surface area contributed by atoms with Gasteiger partial charge >= 0.3 is 0 Å². The maximum Gasteiger partial charge on any atom is 0.108 e. The van der Waals surface area contributed by atoms with Gasteiger partial charge in [0.15, 0.2) is 0 Å². The number of hydrogen-bond acceptors (Lipinski definition) is 1. The van der Waals surface area contributed by atoms with Crippen LogP contribution >= 0.6 is 0 Å². The third-order valence-corrected chi connectivity index (χ3v) is 1.04. The minimum Gasteiger partial charge on any atom is -0.247 e. The predicted octanol–water partition coefficient (Wildman–Crippen LogP) is 2.29. The van der Waals surface area contributed by atoms with Gasteiger partial charge in [0.05, 0.1) is 6.54 Å². The second-order valence-corrected chi connectivity index (χ2v) is 2.17. The van der Waals surface area contributed by atoms with E-state index in [4.69, 9.17) is 5.53 Å². The molecule has 0 saturated heterocycles. The molecule has 0 aromatic rings. The molecule has 0 bridgehead atoms. The van der Waals surface area contributed by atoms with Gasteiger partial charge in [-0.3, -0.25) is 0 Å². The lowest BCUT2D eigenvalue weighted by molar-refractivity contribution is 0.263. The first-order valence-electron chi connectivity index (χ1n) is 2.83. The van der Waals surface area contributed by atoms with E-state index in [-0.39, 0.29) is 12.5 Å². The third-order valence-electron chi connectivity index (χ3n) is 1.04. The first-order chi connectivity index (χ1) is 4.18. The quantitative estimate of drug-likeness (QED) is 0.320. The lowest BCUT2D eigenvalue weighted by Crippen LogP contribution is -2.11. The SMILES string of the molecule is CC(C)[C@H](F)CN=[N+]=[N-]. The highest BCUT2D eigenvalue weighted by Crippen LogP contribution is 2.05. The van der Waals surface area contributed by atoms with Crippen LogP contribution in [0.4, 0.5) is 4.39 Å². The van der Waals surface area contributed by atoms with E-state index in [0.717, 1.165) is 0 Å². The van der Waals surface area contributed by atoms with E-state index in [0.29, 0.717) is 0 Å². The molecule has 0 rings (SSSR count). The van der Waals surface area contributed by atoms with Gasteiger partial charge in [0.25, 0.3) is 0 Å². The molecular formula is C5H10FN3. The lowest BCUT2D eigenvalue weighted by atomic mass is 10.1. The molecule has 0 saturated carbocycles. The Morgan fingerprint density at radius 3 is 2.56 bits per heavy atom. The van der Waals surface area contributed by atoms with Gasteiger partial charge in [-0.1, -0.05) is 19.0 Å². The molecule has 9 heavy (non-hydrogen) atoms. The standard InChI is InChI=1S/C5H10FN3/c1-4(2)5(6)3-8-9-7/h4-5H,3H2,1-2H3/t5-/m1/s1. The second-order valence-electron chi connectivity index (χ2n) is 2.17. The molecule has 0 fully saturated rings. The van der Waals surface area contributed by atoms with Crippen molar-refractivity contribution in [3.63, 3.8) is 0 Å². The van der Waals surface area contributed by atoms with E-state index >= 15 is 0 Å². The molecule has 0 aromatic carbocycles.